The lowest BCUT2D eigenvalue weighted by atomic mass is 9.94. The van der Waals surface area contributed by atoms with Crippen molar-refractivity contribution in [3.8, 4) is 5.75 Å². The topological polar surface area (TPSA) is 58.6 Å². The van der Waals surface area contributed by atoms with Gasteiger partial charge in [-0.2, -0.15) is 0 Å². The molecule has 0 radical (unpaired) electrons. The van der Waals surface area contributed by atoms with Crippen LogP contribution in [0.5, 0.6) is 5.75 Å². The quantitative estimate of drug-likeness (QED) is 0.358. The van der Waals surface area contributed by atoms with Gasteiger partial charge in [0.25, 0.3) is 5.91 Å². The average Bonchev–Trinajstić information content (AvgIpc) is 2.91. The second-order valence-electron chi connectivity index (χ2n) is 9.42. The monoisotopic (exact) mass is 522 g/mol. The summed E-state index contributed by atoms with van der Waals surface area (Å²) in [5.74, 6) is -1.17. The summed E-state index contributed by atoms with van der Waals surface area (Å²) in [6, 6.07) is 22.1. The first kappa shape index (κ1) is 26.7. The van der Waals surface area contributed by atoms with Gasteiger partial charge in [0, 0.05) is 24.0 Å². The molecule has 0 heterocycles. The molecule has 1 unspecified atom stereocenters. The molecule has 0 spiro atoms. The highest BCUT2D eigenvalue weighted by Crippen LogP contribution is 2.21. The largest absolute Gasteiger partial charge is 0.481 e. The summed E-state index contributed by atoms with van der Waals surface area (Å²) in [7, 11) is 0. The van der Waals surface area contributed by atoms with Crippen molar-refractivity contribution in [2.45, 2.75) is 57.2 Å². The van der Waals surface area contributed by atoms with Crippen LogP contribution in [0.2, 0.25) is 5.02 Å². The van der Waals surface area contributed by atoms with Crippen LogP contribution in [-0.2, 0) is 22.6 Å². The molecule has 1 atom stereocenters. The molecular formula is C30H32ClFN2O3. The summed E-state index contributed by atoms with van der Waals surface area (Å²) in [5.41, 5.74) is 1.72. The van der Waals surface area contributed by atoms with Gasteiger partial charge in [0.1, 0.15) is 6.04 Å². The zero-order chi connectivity index (χ0) is 26.0. The summed E-state index contributed by atoms with van der Waals surface area (Å²) in [6.07, 6.45) is 5.54. The van der Waals surface area contributed by atoms with Crippen molar-refractivity contribution in [3.05, 3.63) is 101 Å². The fourth-order valence-electron chi connectivity index (χ4n) is 4.71. The molecule has 1 aliphatic carbocycles. The maximum absolute atomic E-state index is 14.1. The molecule has 1 fully saturated rings. The van der Waals surface area contributed by atoms with Gasteiger partial charge in [-0.1, -0.05) is 85.5 Å². The third-order valence-corrected chi connectivity index (χ3v) is 6.89. The number of nitrogens with one attached hydrogen (secondary N) is 1. The Bertz CT molecular complexity index is 1180. The first-order valence-corrected chi connectivity index (χ1v) is 13.1. The highest BCUT2D eigenvalue weighted by atomic mass is 35.5. The van der Waals surface area contributed by atoms with Crippen LogP contribution in [0.1, 0.15) is 43.2 Å². The van der Waals surface area contributed by atoms with E-state index in [9.17, 15) is 14.0 Å². The number of ether oxygens (including phenoxy) is 1. The standard InChI is InChI=1S/C30H32ClFN2O3/c31-24-13-9-12-23(18-24)20-34(29(35)21-37-28-17-8-7-16-26(28)32)27(19-22-10-3-1-4-11-22)30(36)33-25-14-5-2-6-15-25/h1,3-4,7-13,16-18,25,27H,2,5-6,14-15,19-21H2,(H,33,36). The van der Waals surface area contributed by atoms with Crippen molar-refractivity contribution in [3.63, 3.8) is 0 Å². The minimum absolute atomic E-state index is 0.00942. The highest BCUT2D eigenvalue weighted by Gasteiger charge is 2.32. The first-order chi connectivity index (χ1) is 18.0. The zero-order valence-corrected chi connectivity index (χ0v) is 21.5. The lowest BCUT2D eigenvalue weighted by molar-refractivity contribution is -0.143. The summed E-state index contributed by atoms with van der Waals surface area (Å²) in [4.78, 5) is 28.9. The Morgan fingerprint density at radius 2 is 1.65 bits per heavy atom. The Hall–Kier alpha value is -3.38. The van der Waals surface area contributed by atoms with Gasteiger partial charge in [0.15, 0.2) is 18.2 Å². The molecule has 0 saturated heterocycles. The molecular weight excluding hydrogens is 491 g/mol. The fraction of sp³-hybridized carbons (Fsp3) is 0.333. The van der Waals surface area contributed by atoms with Crippen LogP contribution in [0.15, 0.2) is 78.9 Å². The Morgan fingerprint density at radius 3 is 2.38 bits per heavy atom. The van der Waals surface area contributed by atoms with Gasteiger partial charge < -0.3 is 15.0 Å². The second kappa shape index (κ2) is 13.2. The Balaban J connectivity index is 1.62. The molecule has 1 aliphatic rings. The van der Waals surface area contributed by atoms with E-state index in [0.717, 1.165) is 36.8 Å². The number of hydrogen-bond donors (Lipinski definition) is 1. The lowest BCUT2D eigenvalue weighted by Crippen LogP contribution is -2.53. The summed E-state index contributed by atoms with van der Waals surface area (Å²) < 4.78 is 19.7. The van der Waals surface area contributed by atoms with Crippen LogP contribution in [0, 0.1) is 5.82 Å². The van der Waals surface area contributed by atoms with E-state index in [0.29, 0.717) is 11.4 Å². The molecule has 0 bridgehead atoms. The predicted octanol–water partition coefficient (Wildman–Crippen LogP) is 5.95. The van der Waals surface area contributed by atoms with Crippen LogP contribution >= 0.6 is 11.6 Å². The maximum atomic E-state index is 14.1. The van der Waals surface area contributed by atoms with Crippen LogP contribution in [0.25, 0.3) is 0 Å². The number of amides is 2. The third kappa shape index (κ3) is 7.80. The van der Waals surface area contributed by atoms with E-state index in [1.54, 1.807) is 24.3 Å². The minimum atomic E-state index is -0.778. The van der Waals surface area contributed by atoms with Gasteiger partial charge in [0.2, 0.25) is 5.91 Å². The van der Waals surface area contributed by atoms with Crippen LogP contribution in [0.3, 0.4) is 0 Å². The SMILES string of the molecule is O=C(NC1CCCCC1)C(Cc1ccccc1)N(Cc1cccc(Cl)c1)C(=O)COc1ccccc1F. The number of carbonyl (C=O) groups excluding carboxylic acids is 2. The molecule has 1 N–H and O–H groups in total. The van der Waals surface area contributed by atoms with Gasteiger partial charge in [-0.15, -0.1) is 0 Å². The van der Waals surface area contributed by atoms with Crippen molar-refractivity contribution in [1.82, 2.24) is 10.2 Å². The molecule has 7 heteroatoms. The number of para-hydroxylation sites is 1. The van der Waals surface area contributed by atoms with Crippen molar-refractivity contribution in [2.24, 2.45) is 0 Å². The molecule has 37 heavy (non-hydrogen) atoms. The maximum Gasteiger partial charge on any atom is 0.261 e. The number of halogens is 2. The minimum Gasteiger partial charge on any atom is -0.481 e. The van der Waals surface area contributed by atoms with E-state index in [4.69, 9.17) is 16.3 Å². The van der Waals surface area contributed by atoms with Gasteiger partial charge in [-0.05, 0) is 48.2 Å². The van der Waals surface area contributed by atoms with E-state index in [-0.39, 0.29) is 24.2 Å². The van der Waals surface area contributed by atoms with Gasteiger partial charge in [-0.25, -0.2) is 4.39 Å². The number of nitrogens with zero attached hydrogens (tertiary/aromatic N) is 1. The van der Waals surface area contributed by atoms with E-state index >= 15 is 0 Å². The number of rotatable bonds is 10. The molecule has 4 rings (SSSR count). The van der Waals surface area contributed by atoms with Crippen LogP contribution < -0.4 is 10.1 Å². The molecule has 5 nitrogen and oxygen atoms in total. The van der Waals surface area contributed by atoms with E-state index in [1.165, 1.54) is 23.5 Å². The number of carbonyl (C=O) groups is 2. The van der Waals surface area contributed by atoms with Crippen molar-refractivity contribution in [2.75, 3.05) is 6.61 Å². The van der Waals surface area contributed by atoms with Crippen molar-refractivity contribution >= 4 is 23.4 Å². The molecule has 0 aromatic heterocycles. The predicted molar refractivity (Wildman–Crippen MR) is 143 cm³/mol. The summed E-state index contributed by atoms with van der Waals surface area (Å²) >= 11 is 6.22. The molecule has 194 valence electrons. The first-order valence-electron chi connectivity index (χ1n) is 12.7. The molecule has 2 amide bonds. The normalized spacial score (nSPS) is 14.5. The second-order valence-corrected chi connectivity index (χ2v) is 9.86. The van der Waals surface area contributed by atoms with E-state index in [2.05, 4.69) is 5.32 Å². The average molecular weight is 523 g/mol. The Labute approximate surface area is 222 Å². The number of benzene rings is 3. The lowest BCUT2D eigenvalue weighted by Gasteiger charge is -2.33. The highest BCUT2D eigenvalue weighted by molar-refractivity contribution is 6.30. The van der Waals surface area contributed by atoms with Gasteiger partial charge >= 0.3 is 0 Å². The molecule has 3 aromatic rings. The van der Waals surface area contributed by atoms with Crippen LogP contribution in [-0.4, -0.2) is 35.4 Å². The molecule has 3 aromatic carbocycles. The third-order valence-electron chi connectivity index (χ3n) is 6.65. The Kier molecular flexibility index (Phi) is 9.55. The summed E-state index contributed by atoms with van der Waals surface area (Å²) in [5, 5.41) is 3.74. The fourth-order valence-corrected chi connectivity index (χ4v) is 4.93. The van der Waals surface area contributed by atoms with E-state index < -0.39 is 24.4 Å². The van der Waals surface area contributed by atoms with Crippen molar-refractivity contribution < 1.29 is 18.7 Å². The van der Waals surface area contributed by atoms with Crippen LogP contribution in [0.4, 0.5) is 4.39 Å². The zero-order valence-electron chi connectivity index (χ0n) is 20.7. The summed E-state index contributed by atoms with van der Waals surface area (Å²) in [6.45, 7) is -0.237. The smallest absolute Gasteiger partial charge is 0.261 e. The Morgan fingerprint density at radius 1 is 0.946 bits per heavy atom. The van der Waals surface area contributed by atoms with Gasteiger partial charge in [0.05, 0.1) is 0 Å². The van der Waals surface area contributed by atoms with Gasteiger partial charge in [-0.3, -0.25) is 9.59 Å². The molecule has 0 aliphatic heterocycles. The van der Waals surface area contributed by atoms with Crippen molar-refractivity contribution in [1.29, 1.82) is 0 Å². The number of hydrogen-bond acceptors (Lipinski definition) is 3. The van der Waals surface area contributed by atoms with E-state index in [1.807, 2.05) is 42.5 Å². The molecule has 1 saturated carbocycles.